The quantitative estimate of drug-likeness (QED) is 0.494. The lowest BCUT2D eigenvalue weighted by molar-refractivity contribution is 0.146. The maximum Gasteiger partial charge on any atom is 0.266 e. The summed E-state index contributed by atoms with van der Waals surface area (Å²) in [7, 11) is 0. The molecule has 0 N–H and O–H groups in total. The molecule has 0 aliphatic carbocycles. The van der Waals surface area contributed by atoms with Gasteiger partial charge in [0.15, 0.2) is 0 Å². The molecule has 4 aromatic rings. The second-order valence-corrected chi connectivity index (χ2v) is 5.73. The summed E-state index contributed by atoms with van der Waals surface area (Å²) in [5.74, 6) is -0.927. The zero-order valence-electron chi connectivity index (χ0n) is 13.4. The molecule has 128 valence electrons. The van der Waals surface area contributed by atoms with Gasteiger partial charge < -0.3 is 0 Å². The van der Waals surface area contributed by atoms with E-state index in [9.17, 15) is 13.2 Å². The third kappa shape index (κ3) is 2.90. The summed E-state index contributed by atoms with van der Waals surface area (Å²) in [6, 6.07) is 12.9. The van der Waals surface area contributed by atoms with Crippen molar-refractivity contribution in [1.29, 1.82) is 0 Å². The van der Waals surface area contributed by atoms with Gasteiger partial charge in [0, 0.05) is 28.9 Å². The van der Waals surface area contributed by atoms with E-state index < -0.39 is 17.8 Å². The second-order valence-electron chi connectivity index (χ2n) is 5.73. The van der Waals surface area contributed by atoms with Crippen molar-refractivity contribution in [3.63, 3.8) is 0 Å². The second kappa shape index (κ2) is 6.55. The van der Waals surface area contributed by atoms with Gasteiger partial charge in [0.2, 0.25) is 0 Å². The molecule has 0 fully saturated rings. The standard InChI is InChI=1S/C20H12F3N3/c21-17-5-3-13(9-16(17)20(22)23)19-15(2-1-7-25-19)12-4-6-18-14(8-12)10-24-11-26-18/h1-11,20H. The summed E-state index contributed by atoms with van der Waals surface area (Å²) in [6.07, 6.45) is 1.87. The molecular weight excluding hydrogens is 339 g/mol. The monoisotopic (exact) mass is 351 g/mol. The fourth-order valence-corrected chi connectivity index (χ4v) is 2.88. The van der Waals surface area contributed by atoms with Gasteiger partial charge in [-0.15, -0.1) is 0 Å². The van der Waals surface area contributed by atoms with E-state index in [4.69, 9.17) is 0 Å². The van der Waals surface area contributed by atoms with E-state index in [0.29, 0.717) is 11.3 Å². The molecule has 0 unspecified atom stereocenters. The molecule has 3 nitrogen and oxygen atoms in total. The van der Waals surface area contributed by atoms with Crippen LogP contribution in [0.15, 0.2) is 67.3 Å². The molecule has 0 spiro atoms. The summed E-state index contributed by atoms with van der Waals surface area (Å²) in [5, 5.41) is 0.854. The maximum atomic E-state index is 13.6. The van der Waals surface area contributed by atoms with Crippen LogP contribution in [0.2, 0.25) is 0 Å². The molecule has 0 atom stereocenters. The number of fused-ring (bicyclic) bond motifs is 1. The van der Waals surface area contributed by atoms with Crippen LogP contribution < -0.4 is 0 Å². The Hall–Kier alpha value is -3.28. The van der Waals surface area contributed by atoms with E-state index in [1.807, 2.05) is 24.3 Å². The highest BCUT2D eigenvalue weighted by Crippen LogP contribution is 2.34. The van der Waals surface area contributed by atoms with Crippen molar-refractivity contribution in [3.05, 3.63) is 78.6 Å². The highest BCUT2D eigenvalue weighted by atomic mass is 19.3. The van der Waals surface area contributed by atoms with Crippen molar-refractivity contribution in [2.75, 3.05) is 0 Å². The first-order valence-corrected chi connectivity index (χ1v) is 7.86. The van der Waals surface area contributed by atoms with Gasteiger partial charge in [0.25, 0.3) is 6.43 Å². The molecule has 2 heterocycles. The van der Waals surface area contributed by atoms with E-state index in [1.165, 1.54) is 12.4 Å². The predicted octanol–water partition coefficient (Wildman–Crippen LogP) is 5.44. The smallest absolute Gasteiger partial charge is 0.256 e. The van der Waals surface area contributed by atoms with E-state index in [-0.39, 0.29) is 0 Å². The van der Waals surface area contributed by atoms with Crippen LogP contribution in [-0.4, -0.2) is 15.0 Å². The van der Waals surface area contributed by atoms with Gasteiger partial charge in [-0.3, -0.25) is 4.98 Å². The highest BCUT2D eigenvalue weighted by Gasteiger charge is 2.16. The molecule has 26 heavy (non-hydrogen) atoms. The molecule has 0 saturated heterocycles. The Morgan fingerprint density at radius 2 is 1.73 bits per heavy atom. The molecule has 0 aliphatic rings. The van der Waals surface area contributed by atoms with Gasteiger partial charge in [0.1, 0.15) is 12.1 Å². The molecule has 2 aromatic carbocycles. The number of hydrogen-bond donors (Lipinski definition) is 0. The van der Waals surface area contributed by atoms with Crippen LogP contribution in [-0.2, 0) is 0 Å². The van der Waals surface area contributed by atoms with Gasteiger partial charge in [-0.1, -0.05) is 12.1 Å². The summed E-state index contributed by atoms with van der Waals surface area (Å²) >= 11 is 0. The number of hydrogen-bond acceptors (Lipinski definition) is 3. The SMILES string of the molecule is Fc1ccc(-c2ncccc2-c2ccc3ncncc3c2)cc1C(F)F. The van der Waals surface area contributed by atoms with Crippen LogP contribution in [0, 0.1) is 5.82 Å². The topological polar surface area (TPSA) is 38.7 Å². The Morgan fingerprint density at radius 3 is 2.58 bits per heavy atom. The Balaban J connectivity index is 1.88. The Labute approximate surface area is 147 Å². The van der Waals surface area contributed by atoms with Crippen LogP contribution in [0.3, 0.4) is 0 Å². The molecule has 2 aromatic heterocycles. The molecule has 0 saturated carbocycles. The van der Waals surface area contributed by atoms with Gasteiger partial charge in [-0.05, 0) is 42.0 Å². The summed E-state index contributed by atoms with van der Waals surface area (Å²) in [5.41, 5.74) is 2.71. The summed E-state index contributed by atoms with van der Waals surface area (Å²) in [6.45, 7) is 0. The number of aromatic nitrogens is 3. The van der Waals surface area contributed by atoms with Crippen molar-refractivity contribution in [3.8, 4) is 22.4 Å². The number of alkyl halides is 2. The van der Waals surface area contributed by atoms with Gasteiger partial charge >= 0.3 is 0 Å². The average Bonchev–Trinajstić information content (AvgIpc) is 2.68. The number of halogens is 3. The molecular formula is C20H12F3N3. The lowest BCUT2D eigenvalue weighted by Crippen LogP contribution is -1.94. The molecule has 0 aliphatic heterocycles. The molecule has 0 radical (unpaired) electrons. The fourth-order valence-electron chi connectivity index (χ4n) is 2.88. The largest absolute Gasteiger partial charge is 0.266 e. The fraction of sp³-hybridized carbons (Fsp3) is 0.0500. The number of rotatable bonds is 3. The van der Waals surface area contributed by atoms with Crippen LogP contribution in [0.4, 0.5) is 13.2 Å². The normalized spacial score (nSPS) is 11.2. The first-order valence-electron chi connectivity index (χ1n) is 7.86. The van der Waals surface area contributed by atoms with E-state index >= 15 is 0 Å². The summed E-state index contributed by atoms with van der Waals surface area (Å²) < 4.78 is 39.7. The molecule has 0 bridgehead atoms. The van der Waals surface area contributed by atoms with E-state index in [2.05, 4.69) is 15.0 Å². The van der Waals surface area contributed by atoms with Crippen molar-refractivity contribution in [1.82, 2.24) is 15.0 Å². The lowest BCUT2D eigenvalue weighted by atomic mass is 9.97. The third-order valence-electron chi connectivity index (χ3n) is 4.13. The molecule has 6 heteroatoms. The Bertz CT molecular complexity index is 1100. The van der Waals surface area contributed by atoms with Crippen molar-refractivity contribution >= 4 is 10.9 Å². The molecule has 0 amide bonds. The third-order valence-corrected chi connectivity index (χ3v) is 4.13. The van der Waals surface area contributed by atoms with E-state index in [1.54, 1.807) is 18.5 Å². The zero-order chi connectivity index (χ0) is 18.1. The van der Waals surface area contributed by atoms with Gasteiger partial charge in [0.05, 0.1) is 16.8 Å². The predicted molar refractivity (Wildman–Crippen MR) is 93.1 cm³/mol. The highest BCUT2D eigenvalue weighted by molar-refractivity contribution is 5.88. The minimum atomic E-state index is -2.89. The van der Waals surface area contributed by atoms with E-state index in [0.717, 1.165) is 34.2 Å². The minimum absolute atomic E-state index is 0.432. The van der Waals surface area contributed by atoms with Crippen LogP contribution in [0.25, 0.3) is 33.3 Å². The van der Waals surface area contributed by atoms with Crippen LogP contribution >= 0.6 is 0 Å². The zero-order valence-corrected chi connectivity index (χ0v) is 13.4. The first-order chi connectivity index (χ1) is 12.6. The van der Waals surface area contributed by atoms with Crippen LogP contribution in [0.5, 0.6) is 0 Å². The first kappa shape index (κ1) is 16.2. The van der Waals surface area contributed by atoms with Crippen molar-refractivity contribution < 1.29 is 13.2 Å². The lowest BCUT2D eigenvalue weighted by Gasteiger charge is -2.11. The van der Waals surface area contributed by atoms with Crippen molar-refractivity contribution in [2.24, 2.45) is 0 Å². The van der Waals surface area contributed by atoms with Gasteiger partial charge in [-0.2, -0.15) is 0 Å². The average molecular weight is 351 g/mol. The maximum absolute atomic E-state index is 13.6. The summed E-state index contributed by atoms with van der Waals surface area (Å²) in [4.78, 5) is 12.5. The number of nitrogens with zero attached hydrogens (tertiary/aromatic N) is 3. The van der Waals surface area contributed by atoms with Gasteiger partial charge in [-0.25, -0.2) is 23.1 Å². The Morgan fingerprint density at radius 1 is 0.885 bits per heavy atom. The molecule has 4 rings (SSSR count). The van der Waals surface area contributed by atoms with Crippen molar-refractivity contribution in [2.45, 2.75) is 6.43 Å². The van der Waals surface area contributed by atoms with Crippen LogP contribution in [0.1, 0.15) is 12.0 Å². The number of pyridine rings is 1. The Kier molecular flexibility index (Phi) is 4.08. The minimum Gasteiger partial charge on any atom is -0.256 e. The number of benzene rings is 2.